The zero-order chi connectivity index (χ0) is 26.5. The van der Waals surface area contributed by atoms with Crippen molar-refractivity contribution in [3.05, 3.63) is 23.8 Å². The van der Waals surface area contributed by atoms with Crippen LogP contribution in [0.3, 0.4) is 0 Å². The van der Waals surface area contributed by atoms with Crippen molar-refractivity contribution in [2.75, 3.05) is 6.61 Å². The predicted molar refractivity (Wildman–Crippen MR) is 123 cm³/mol. The van der Waals surface area contributed by atoms with E-state index in [0.29, 0.717) is 0 Å². The van der Waals surface area contributed by atoms with E-state index in [-0.39, 0.29) is 31.3 Å². The number of halogens is 2. The van der Waals surface area contributed by atoms with Crippen molar-refractivity contribution in [1.29, 1.82) is 0 Å². The minimum atomic E-state index is -2.27. The van der Waals surface area contributed by atoms with E-state index in [1.54, 1.807) is 27.7 Å². The summed E-state index contributed by atoms with van der Waals surface area (Å²) in [6.07, 6.45) is -0.236. The maximum atomic E-state index is 17.3. The van der Waals surface area contributed by atoms with Gasteiger partial charge in [0.2, 0.25) is 5.78 Å². The van der Waals surface area contributed by atoms with Crippen LogP contribution < -0.4 is 0 Å². The summed E-state index contributed by atoms with van der Waals surface area (Å²) in [7, 11) is 0. The van der Waals surface area contributed by atoms with Crippen molar-refractivity contribution >= 4 is 17.5 Å². The maximum Gasteiger partial charge on any atom is 0.305 e. The summed E-state index contributed by atoms with van der Waals surface area (Å²) in [6, 6.07) is 0. The zero-order valence-corrected chi connectivity index (χ0v) is 21.3. The lowest BCUT2D eigenvalue weighted by Crippen LogP contribution is -2.71. The number of aliphatic hydroxyl groups is 1. The molecular weight excluding hydrogens is 474 g/mol. The van der Waals surface area contributed by atoms with E-state index in [9.17, 15) is 19.5 Å². The summed E-state index contributed by atoms with van der Waals surface area (Å²) in [5, 5.41) is 11.5. The van der Waals surface area contributed by atoms with Crippen LogP contribution in [-0.2, 0) is 28.6 Å². The van der Waals surface area contributed by atoms with E-state index in [0.717, 1.165) is 6.08 Å². The third-order valence-electron chi connectivity index (χ3n) is 9.69. The van der Waals surface area contributed by atoms with Gasteiger partial charge < -0.3 is 19.3 Å². The van der Waals surface area contributed by atoms with E-state index in [4.69, 9.17) is 14.2 Å². The topological polar surface area (TPSA) is 99.1 Å². The normalized spacial score (nSPS) is 48.4. The molecule has 0 bridgehead atoms. The van der Waals surface area contributed by atoms with Crippen LogP contribution in [0.15, 0.2) is 23.8 Å². The zero-order valence-electron chi connectivity index (χ0n) is 21.3. The first-order valence-corrected chi connectivity index (χ1v) is 12.7. The largest absolute Gasteiger partial charge is 0.458 e. The lowest BCUT2D eigenvalue weighted by molar-refractivity contribution is -0.249. The average Bonchev–Trinajstić information content (AvgIpc) is 3.21. The van der Waals surface area contributed by atoms with E-state index in [2.05, 4.69) is 0 Å². The second kappa shape index (κ2) is 7.77. The molecule has 0 unspecified atom stereocenters. The van der Waals surface area contributed by atoms with E-state index in [1.165, 1.54) is 19.1 Å². The van der Waals surface area contributed by atoms with E-state index in [1.807, 2.05) is 0 Å². The highest BCUT2D eigenvalue weighted by Gasteiger charge is 2.80. The van der Waals surface area contributed by atoms with Crippen LogP contribution in [0.2, 0.25) is 0 Å². The van der Waals surface area contributed by atoms with Crippen LogP contribution in [0.25, 0.3) is 0 Å². The number of alkyl halides is 2. The van der Waals surface area contributed by atoms with Crippen LogP contribution in [0.5, 0.6) is 0 Å². The fourth-order valence-electron chi connectivity index (χ4n) is 8.16. The molecule has 5 aliphatic rings. The van der Waals surface area contributed by atoms with Gasteiger partial charge in [-0.1, -0.05) is 19.9 Å². The predicted octanol–water partition coefficient (Wildman–Crippen LogP) is 3.33. The minimum absolute atomic E-state index is 0.0421. The van der Waals surface area contributed by atoms with Gasteiger partial charge in [-0.05, 0) is 63.7 Å². The summed E-state index contributed by atoms with van der Waals surface area (Å²) >= 11 is 0. The van der Waals surface area contributed by atoms with Crippen LogP contribution >= 0.6 is 0 Å². The standard InChI is InChI=1S/C27H34F2O7/c1-6-22(33)34-13-20(32)27-21(35-23(2,3)36-27)11-15-16-10-18(28)17-9-14(30)7-8-24(17,4)26(16,29)19(31)12-25(15,27)5/h7-9,15-16,18-19,21,31H,6,10-13H2,1-5H3/t15-,16-,18-,19-,21+,24-,25-,26+,27-/m0/s1. The molecule has 7 nitrogen and oxygen atoms in total. The van der Waals surface area contributed by atoms with Crippen molar-refractivity contribution in [2.24, 2.45) is 22.7 Å². The number of carbonyl (C=O) groups is 3. The Morgan fingerprint density at radius 2 is 1.89 bits per heavy atom. The number of allylic oxidation sites excluding steroid dienone is 4. The van der Waals surface area contributed by atoms with Crippen LogP contribution in [0, 0.1) is 22.7 Å². The van der Waals surface area contributed by atoms with Crippen LogP contribution in [0.4, 0.5) is 8.78 Å². The minimum Gasteiger partial charge on any atom is -0.458 e. The first-order valence-electron chi connectivity index (χ1n) is 12.7. The molecule has 0 aromatic carbocycles. The third-order valence-corrected chi connectivity index (χ3v) is 9.69. The molecule has 9 atom stereocenters. The first-order chi connectivity index (χ1) is 16.7. The molecule has 198 valence electrons. The highest BCUT2D eigenvalue weighted by Crippen LogP contribution is 2.72. The van der Waals surface area contributed by atoms with Crippen molar-refractivity contribution in [1.82, 2.24) is 0 Å². The lowest BCUT2D eigenvalue weighted by atomic mass is 9.44. The summed E-state index contributed by atoms with van der Waals surface area (Å²) in [5.41, 5.74) is -6.46. The molecule has 3 saturated carbocycles. The number of ketones is 2. The molecule has 1 N–H and O–H groups in total. The van der Waals surface area contributed by atoms with E-state index < -0.39 is 82.2 Å². The van der Waals surface area contributed by atoms with Gasteiger partial charge in [-0.15, -0.1) is 0 Å². The second-order valence-electron chi connectivity index (χ2n) is 11.9. The Kier molecular flexibility index (Phi) is 5.54. The quantitative estimate of drug-likeness (QED) is 0.582. The lowest BCUT2D eigenvalue weighted by Gasteiger charge is -2.63. The third kappa shape index (κ3) is 3.02. The number of aliphatic hydroxyl groups excluding tert-OH is 1. The SMILES string of the molecule is CCC(=O)OCC(=O)[C@]12OC(C)(C)O[C@@H]1C[C@H]1[C@@H]3C[C@H](F)C4=CC(=O)C=C[C@]4(C)[C@]3(F)[C@@H](O)C[C@@]12C. The summed E-state index contributed by atoms with van der Waals surface area (Å²) in [6.45, 7) is 7.73. The molecule has 0 radical (unpaired) electrons. The van der Waals surface area contributed by atoms with Crippen molar-refractivity contribution in [3.8, 4) is 0 Å². The average molecular weight is 509 g/mol. The number of hydrogen-bond donors (Lipinski definition) is 1. The highest BCUT2D eigenvalue weighted by molar-refractivity contribution is 6.01. The monoisotopic (exact) mass is 508 g/mol. The molecule has 0 spiro atoms. The summed E-state index contributed by atoms with van der Waals surface area (Å²) in [5.74, 6) is -4.13. The smallest absolute Gasteiger partial charge is 0.305 e. The van der Waals surface area contributed by atoms with Gasteiger partial charge in [0.1, 0.15) is 6.17 Å². The molecule has 0 aromatic rings. The Labute approximate surface area is 209 Å². The molecule has 0 amide bonds. The fourth-order valence-corrected chi connectivity index (χ4v) is 8.16. The van der Waals surface area contributed by atoms with Crippen LogP contribution in [0.1, 0.15) is 60.3 Å². The van der Waals surface area contributed by atoms with Gasteiger partial charge in [-0.3, -0.25) is 14.4 Å². The first kappa shape index (κ1) is 25.7. The summed E-state index contributed by atoms with van der Waals surface area (Å²) < 4.78 is 50.6. The number of carbonyl (C=O) groups excluding carboxylic acids is 3. The van der Waals surface area contributed by atoms with Gasteiger partial charge >= 0.3 is 5.97 Å². The van der Waals surface area contributed by atoms with E-state index >= 15 is 8.78 Å². The fraction of sp³-hybridized carbons (Fsp3) is 0.741. The number of fused-ring (bicyclic) bond motifs is 7. The summed E-state index contributed by atoms with van der Waals surface area (Å²) in [4.78, 5) is 37.6. The van der Waals surface area contributed by atoms with Gasteiger partial charge in [-0.25, -0.2) is 8.78 Å². The number of rotatable bonds is 4. The number of esters is 1. The molecule has 5 rings (SSSR count). The van der Waals surface area contributed by atoms with Gasteiger partial charge in [-0.2, -0.15) is 0 Å². The molecule has 4 aliphatic carbocycles. The van der Waals surface area contributed by atoms with Crippen LogP contribution in [-0.4, -0.2) is 64.7 Å². The molecule has 0 aromatic heterocycles. The second-order valence-corrected chi connectivity index (χ2v) is 11.9. The number of Topliss-reactive ketones (excluding diaryl/α,β-unsaturated/α-hetero) is 1. The van der Waals surface area contributed by atoms with Gasteiger partial charge in [0, 0.05) is 23.2 Å². The molecule has 36 heavy (non-hydrogen) atoms. The molecule has 1 aliphatic heterocycles. The molecule has 4 fully saturated rings. The Balaban J connectivity index is 1.60. The molecule has 9 heteroatoms. The van der Waals surface area contributed by atoms with Gasteiger partial charge in [0.25, 0.3) is 0 Å². The molecule has 1 saturated heterocycles. The maximum absolute atomic E-state index is 17.3. The Morgan fingerprint density at radius 1 is 1.19 bits per heavy atom. The van der Waals surface area contributed by atoms with Gasteiger partial charge in [0.15, 0.2) is 29.4 Å². The molecule has 1 heterocycles. The Bertz CT molecular complexity index is 1080. The van der Waals surface area contributed by atoms with Crippen molar-refractivity contribution in [3.63, 3.8) is 0 Å². The number of hydrogen-bond acceptors (Lipinski definition) is 7. The highest BCUT2D eigenvalue weighted by atomic mass is 19.1. The molecular formula is C27H34F2O7. The Hall–Kier alpha value is -1.97. The van der Waals surface area contributed by atoms with Gasteiger partial charge in [0.05, 0.1) is 12.2 Å². The number of ether oxygens (including phenoxy) is 3. The van der Waals surface area contributed by atoms with Crippen molar-refractivity contribution < 1.29 is 42.5 Å². The Morgan fingerprint density at radius 3 is 2.56 bits per heavy atom. The van der Waals surface area contributed by atoms with Crippen molar-refractivity contribution in [2.45, 2.75) is 95.7 Å².